The van der Waals surface area contributed by atoms with Crippen molar-refractivity contribution in [1.29, 1.82) is 0 Å². The van der Waals surface area contributed by atoms with Gasteiger partial charge in [0.15, 0.2) is 0 Å². The van der Waals surface area contributed by atoms with Crippen molar-refractivity contribution < 1.29 is 4.39 Å². The number of benzene rings is 2. The number of aromatic nitrogens is 1. The van der Waals surface area contributed by atoms with E-state index in [1.54, 1.807) is 12.1 Å². The quantitative estimate of drug-likeness (QED) is 0.602. The summed E-state index contributed by atoms with van der Waals surface area (Å²) in [5.74, 6) is -0.235. The summed E-state index contributed by atoms with van der Waals surface area (Å²) in [6, 6.07) is 12.6. The van der Waals surface area contributed by atoms with Crippen LogP contribution in [0.15, 0.2) is 53.1 Å². The Labute approximate surface area is 123 Å². The number of fused-ring (bicyclic) bond motifs is 1. The van der Waals surface area contributed by atoms with E-state index in [2.05, 4.69) is 15.9 Å². The van der Waals surface area contributed by atoms with Crippen molar-refractivity contribution in [2.45, 2.75) is 6.54 Å². The van der Waals surface area contributed by atoms with Gasteiger partial charge in [-0.2, -0.15) is 0 Å². The summed E-state index contributed by atoms with van der Waals surface area (Å²) in [6.45, 7) is 0.465. The third kappa shape index (κ3) is 2.40. The molecule has 3 rings (SSSR count). The van der Waals surface area contributed by atoms with Crippen LogP contribution in [-0.4, -0.2) is 4.57 Å². The Morgan fingerprint density at radius 3 is 2.84 bits per heavy atom. The molecule has 0 bridgehead atoms. The number of rotatable bonds is 2. The van der Waals surface area contributed by atoms with Crippen LogP contribution in [0.4, 0.5) is 4.39 Å². The smallest absolute Gasteiger partial charge is 0.128 e. The summed E-state index contributed by atoms with van der Waals surface area (Å²) in [7, 11) is 0. The molecule has 0 atom stereocenters. The molecule has 1 aromatic heterocycles. The number of nitrogens with zero attached hydrogens (tertiary/aromatic N) is 1. The van der Waals surface area contributed by atoms with E-state index < -0.39 is 0 Å². The third-order valence-corrected chi connectivity index (χ3v) is 4.04. The lowest BCUT2D eigenvalue weighted by atomic mass is 10.2. The van der Waals surface area contributed by atoms with Gasteiger partial charge in [0.25, 0.3) is 0 Å². The average molecular weight is 339 g/mol. The van der Waals surface area contributed by atoms with Gasteiger partial charge in [0.2, 0.25) is 0 Å². The SMILES string of the molecule is Fc1ccc(Cl)cc1Cn1ccc2c(Br)cccc21. The molecule has 3 aromatic rings. The van der Waals surface area contributed by atoms with Crippen molar-refractivity contribution in [3.05, 3.63) is 69.5 Å². The summed E-state index contributed by atoms with van der Waals surface area (Å²) in [4.78, 5) is 0. The molecule has 0 N–H and O–H groups in total. The van der Waals surface area contributed by atoms with Gasteiger partial charge in [-0.25, -0.2) is 4.39 Å². The second kappa shape index (κ2) is 4.99. The predicted octanol–water partition coefficient (Wildman–Crippen LogP) is 5.24. The standard InChI is InChI=1S/C15H10BrClFN/c16-13-2-1-3-15-12(13)6-7-19(15)9-10-8-11(17)4-5-14(10)18/h1-8H,9H2. The first-order valence-corrected chi connectivity index (χ1v) is 6.99. The Morgan fingerprint density at radius 2 is 2.00 bits per heavy atom. The van der Waals surface area contributed by atoms with Crippen LogP contribution in [0.5, 0.6) is 0 Å². The second-order valence-corrected chi connectivity index (χ2v) is 5.64. The van der Waals surface area contributed by atoms with E-state index in [0.29, 0.717) is 17.1 Å². The van der Waals surface area contributed by atoms with Gasteiger partial charge >= 0.3 is 0 Å². The van der Waals surface area contributed by atoms with Crippen molar-refractivity contribution in [1.82, 2.24) is 4.57 Å². The zero-order valence-electron chi connectivity index (χ0n) is 9.91. The zero-order valence-corrected chi connectivity index (χ0v) is 12.2. The lowest BCUT2D eigenvalue weighted by molar-refractivity contribution is 0.602. The minimum absolute atomic E-state index is 0.235. The lowest BCUT2D eigenvalue weighted by Crippen LogP contribution is -2.00. The third-order valence-electron chi connectivity index (χ3n) is 3.11. The van der Waals surface area contributed by atoms with Gasteiger partial charge in [0.05, 0.1) is 6.54 Å². The van der Waals surface area contributed by atoms with E-state index in [1.165, 1.54) is 6.07 Å². The summed E-state index contributed by atoms with van der Waals surface area (Å²) >= 11 is 9.43. The molecule has 0 fully saturated rings. The molecule has 0 saturated carbocycles. The molecule has 0 aliphatic carbocycles. The van der Waals surface area contributed by atoms with E-state index in [1.807, 2.05) is 35.0 Å². The van der Waals surface area contributed by atoms with Gasteiger partial charge in [-0.15, -0.1) is 0 Å². The summed E-state index contributed by atoms with van der Waals surface area (Å²) in [6.07, 6.45) is 1.95. The van der Waals surface area contributed by atoms with E-state index in [-0.39, 0.29) is 5.82 Å². The van der Waals surface area contributed by atoms with E-state index in [0.717, 1.165) is 15.4 Å². The Balaban J connectivity index is 2.06. The van der Waals surface area contributed by atoms with Crippen molar-refractivity contribution >= 4 is 38.4 Å². The van der Waals surface area contributed by atoms with Crippen molar-refractivity contribution in [2.75, 3.05) is 0 Å². The largest absolute Gasteiger partial charge is 0.343 e. The van der Waals surface area contributed by atoms with Gasteiger partial charge in [-0.1, -0.05) is 33.6 Å². The highest BCUT2D eigenvalue weighted by Crippen LogP contribution is 2.26. The first-order valence-electron chi connectivity index (χ1n) is 5.82. The normalized spacial score (nSPS) is 11.1. The summed E-state index contributed by atoms with van der Waals surface area (Å²) in [5, 5.41) is 1.67. The Bertz CT molecular complexity index is 751. The van der Waals surface area contributed by atoms with Crippen LogP contribution >= 0.6 is 27.5 Å². The highest BCUT2D eigenvalue weighted by molar-refractivity contribution is 9.10. The molecule has 2 aromatic carbocycles. The zero-order chi connectivity index (χ0) is 13.4. The Hall–Kier alpha value is -1.32. The lowest BCUT2D eigenvalue weighted by Gasteiger charge is -2.07. The van der Waals surface area contributed by atoms with Crippen LogP contribution in [0.25, 0.3) is 10.9 Å². The minimum atomic E-state index is -0.235. The fourth-order valence-corrected chi connectivity index (χ4v) is 2.85. The maximum atomic E-state index is 13.8. The molecule has 19 heavy (non-hydrogen) atoms. The van der Waals surface area contributed by atoms with Gasteiger partial charge < -0.3 is 4.57 Å². The molecule has 1 heterocycles. The fourth-order valence-electron chi connectivity index (χ4n) is 2.17. The molecule has 0 amide bonds. The molecular formula is C15H10BrClFN. The van der Waals surface area contributed by atoms with Gasteiger partial charge in [-0.3, -0.25) is 0 Å². The van der Waals surface area contributed by atoms with E-state index >= 15 is 0 Å². The molecule has 4 heteroatoms. The molecule has 0 saturated heterocycles. The first kappa shape index (κ1) is 12.7. The fraction of sp³-hybridized carbons (Fsp3) is 0.0667. The molecule has 0 aliphatic rings. The van der Waals surface area contributed by atoms with E-state index in [9.17, 15) is 4.39 Å². The molecule has 0 spiro atoms. The maximum Gasteiger partial charge on any atom is 0.128 e. The maximum absolute atomic E-state index is 13.8. The number of halogens is 3. The van der Waals surface area contributed by atoms with Crippen molar-refractivity contribution in [3.63, 3.8) is 0 Å². The van der Waals surface area contributed by atoms with Gasteiger partial charge in [0.1, 0.15) is 5.82 Å². The second-order valence-electron chi connectivity index (χ2n) is 4.35. The molecule has 0 radical (unpaired) electrons. The van der Waals surface area contributed by atoms with Crippen molar-refractivity contribution in [3.8, 4) is 0 Å². The monoisotopic (exact) mass is 337 g/mol. The predicted molar refractivity (Wildman–Crippen MR) is 80.2 cm³/mol. The Morgan fingerprint density at radius 1 is 1.16 bits per heavy atom. The first-order chi connectivity index (χ1) is 9.15. The van der Waals surface area contributed by atoms with Crippen molar-refractivity contribution in [2.24, 2.45) is 0 Å². The highest BCUT2D eigenvalue weighted by Gasteiger charge is 2.07. The number of hydrogen-bond acceptors (Lipinski definition) is 0. The average Bonchev–Trinajstić information content (AvgIpc) is 2.79. The molecule has 96 valence electrons. The topological polar surface area (TPSA) is 4.93 Å². The van der Waals surface area contributed by atoms with Gasteiger partial charge in [0, 0.05) is 32.2 Å². The van der Waals surface area contributed by atoms with Crippen LogP contribution in [0, 0.1) is 5.82 Å². The summed E-state index contributed by atoms with van der Waals surface area (Å²) < 4.78 is 16.8. The molecule has 0 aliphatic heterocycles. The molecular weight excluding hydrogens is 329 g/mol. The summed E-state index contributed by atoms with van der Waals surface area (Å²) in [5.41, 5.74) is 1.65. The van der Waals surface area contributed by atoms with Crippen LogP contribution in [0.2, 0.25) is 5.02 Å². The minimum Gasteiger partial charge on any atom is -0.343 e. The van der Waals surface area contributed by atoms with Crippen LogP contribution in [-0.2, 0) is 6.54 Å². The van der Waals surface area contributed by atoms with Gasteiger partial charge in [-0.05, 0) is 36.4 Å². The Kier molecular flexibility index (Phi) is 3.33. The molecule has 1 nitrogen and oxygen atoms in total. The van der Waals surface area contributed by atoms with Crippen LogP contribution in [0.1, 0.15) is 5.56 Å². The van der Waals surface area contributed by atoms with Crippen LogP contribution in [0.3, 0.4) is 0 Å². The number of hydrogen-bond donors (Lipinski definition) is 0. The van der Waals surface area contributed by atoms with Crippen LogP contribution < -0.4 is 0 Å². The van der Waals surface area contributed by atoms with E-state index in [4.69, 9.17) is 11.6 Å². The highest BCUT2D eigenvalue weighted by atomic mass is 79.9. The molecule has 0 unspecified atom stereocenters.